The molecule has 0 atom stereocenters. The molecule has 0 saturated heterocycles. The standard InChI is InChI=1S/C18H20N2O8S2/c1-11(21)19-15-7-5-13(17(9-15)29(23,24)25)3-4-14-6-8-16(20-12(2)22)10-18(14)30(26,27)28/h5-10H,3-4H2,1-2H3,(H,19,21)(H,20,22)(H,23,24,25)(H,26,27,28). The zero-order chi connectivity index (χ0) is 22.7. The molecule has 162 valence electrons. The molecule has 30 heavy (non-hydrogen) atoms. The van der Waals surface area contributed by atoms with Crippen molar-refractivity contribution < 1.29 is 35.5 Å². The fraction of sp³-hybridized carbons (Fsp3) is 0.222. The second-order valence-electron chi connectivity index (χ2n) is 6.46. The number of hydrogen-bond acceptors (Lipinski definition) is 6. The third kappa shape index (κ3) is 6.35. The van der Waals surface area contributed by atoms with Gasteiger partial charge < -0.3 is 10.6 Å². The number of nitrogens with one attached hydrogen (secondary N) is 2. The van der Waals surface area contributed by atoms with E-state index in [9.17, 15) is 35.5 Å². The predicted octanol–water partition coefficient (Wildman–Crippen LogP) is 1.88. The van der Waals surface area contributed by atoms with E-state index in [0.717, 1.165) is 12.1 Å². The van der Waals surface area contributed by atoms with Crippen LogP contribution in [0.4, 0.5) is 11.4 Å². The molecule has 0 aliphatic heterocycles. The van der Waals surface area contributed by atoms with Gasteiger partial charge >= 0.3 is 0 Å². The average Bonchev–Trinajstić information content (AvgIpc) is 2.58. The van der Waals surface area contributed by atoms with Crippen molar-refractivity contribution in [1.82, 2.24) is 0 Å². The van der Waals surface area contributed by atoms with E-state index in [1.807, 2.05) is 0 Å². The molecule has 2 aromatic rings. The largest absolute Gasteiger partial charge is 0.326 e. The first kappa shape index (κ1) is 23.5. The van der Waals surface area contributed by atoms with Gasteiger partial charge in [0.05, 0.1) is 9.79 Å². The minimum Gasteiger partial charge on any atom is -0.326 e. The van der Waals surface area contributed by atoms with Gasteiger partial charge in [-0.25, -0.2) is 0 Å². The molecule has 0 aliphatic carbocycles. The first-order valence-corrected chi connectivity index (χ1v) is 11.4. The van der Waals surface area contributed by atoms with E-state index in [-0.39, 0.29) is 35.3 Å². The Morgan fingerprint density at radius 2 is 1.07 bits per heavy atom. The summed E-state index contributed by atoms with van der Waals surface area (Å²) >= 11 is 0. The van der Waals surface area contributed by atoms with Crippen LogP contribution in [0.1, 0.15) is 25.0 Å². The lowest BCUT2D eigenvalue weighted by Gasteiger charge is -2.13. The van der Waals surface area contributed by atoms with Crippen LogP contribution in [0.25, 0.3) is 0 Å². The van der Waals surface area contributed by atoms with E-state index in [0.29, 0.717) is 0 Å². The normalized spacial score (nSPS) is 11.7. The van der Waals surface area contributed by atoms with Gasteiger partial charge in [-0.3, -0.25) is 18.7 Å². The van der Waals surface area contributed by atoms with Gasteiger partial charge in [-0.1, -0.05) is 12.1 Å². The smallest absolute Gasteiger partial charge is 0.294 e. The highest BCUT2D eigenvalue weighted by molar-refractivity contribution is 7.86. The summed E-state index contributed by atoms with van der Waals surface area (Å²) in [6, 6.07) is 7.83. The minimum absolute atomic E-state index is 0.00250. The van der Waals surface area contributed by atoms with E-state index in [4.69, 9.17) is 0 Å². The fourth-order valence-corrected chi connectivity index (χ4v) is 4.39. The molecule has 2 rings (SSSR count). The van der Waals surface area contributed by atoms with Crippen molar-refractivity contribution in [2.45, 2.75) is 36.5 Å². The van der Waals surface area contributed by atoms with E-state index >= 15 is 0 Å². The minimum atomic E-state index is -4.62. The molecular weight excluding hydrogens is 436 g/mol. The van der Waals surface area contributed by atoms with Crippen molar-refractivity contribution in [3.63, 3.8) is 0 Å². The van der Waals surface area contributed by atoms with Crippen LogP contribution in [-0.2, 0) is 42.7 Å². The summed E-state index contributed by atoms with van der Waals surface area (Å²) in [5.74, 6) is -0.859. The van der Waals surface area contributed by atoms with Gasteiger partial charge in [0.1, 0.15) is 0 Å². The number of rotatable bonds is 7. The summed E-state index contributed by atoms with van der Waals surface area (Å²) in [5, 5.41) is 4.82. The Balaban J connectivity index is 2.41. The predicted molar refractivity (Wildman–Crippen MR) is 109 cm³/mol. The molecule has 4 N–H and O–H groups in total. The molecule has 0 aliphatic rings. The van der Waals surface area contributed by atoms with Gasteiger partial charge in [-0.05, 0) is 48.2 Å². The molecule has 12 heteroatoms. The first-order chi connectivity index (χ1) is 13.8. The number of carbonyl (C=O) groups excluding carboxylic acids is 2. The zero-order valence-corrected chi connectivity index (χ0v) is 17.7. The van der Waals surface area contributed by atoms with Gasteiger partial charge in [0.2, 0.25) is 11.8 Å². The van der Waals surface area contributed by atoms with Crippen LogP contribution in [0.15, 0.2) is 46.2 Å². The monoisotopic (exact) mass is 456 g/mol. The molecule has 0 unspecified atom stereocenters. The summed E-state index contributed by atoms with van der Waals surface area (Å²) in [4.78, 5) is 21.5. The number of amides is 2. The Kier molecular flexibility index (Phi) is 6.98. The van der Waals surface area contributed by atoms with Crippen LogP contribution in [0, 0.1) is 0 Å². The van der Waals surface area contributed by atoms with E-state index in [2.05, 4.69) is 10.6 Å². The first-order valence-electron chi connectivity index (χ1n) is 8.53. The third-order valence-corrected chi connectivity index (χ3v) is 5.87. The Morgan fingerprint density at radius 3 is 1.33 bits per heavy atom. The van der Waals surface area contributed by atoms with Gasteiger partial charge in [0.25, 0.3) is 20.2 Å². The van der Waals surface area contributed by atoms with Gasteiger partial charge in [0.15, 0.2) is 0 Å². The Hall–Kier alpha value is -2.80. The van der Waals surface area contributed by atoms with Crippen LogP contribution in [0.3, 0.4) is 0 Å². The molecule has 0 fully saturated rings. The van der Waals surface area contributed by atoms with Gasteiger partial charge in [0, 0.05) is 25.2 Å². The Morgan fingerprint density at radius 1 is 0.733 bits per heavy atom. The molecule has 0 heterocycles. The Bertz CT molecular complexity index is 1110. The molecule has 0 spiro atoms. The fourth-order valence-electron chi connectivity index (χ4n) is 2.83. The maximum Gasteiger partial charge on any atom is 0.294 e. The van der Waals surface area contributed by atoms with Crippen LogP contribution < -0.4 is 10.6 Å². The molecule has 0 aromatic heterocycles. The van der Waals surface area contributed by atoms with Crippen molar-refractivity contribution in [1.29, 1.82) is 0 Å². The topological polar surface area (TPSA) is 167 Å². The number of benzene rings is 2. The van der Waals surface area contributed by atoms with Crippen molar-refractivity contribution >= 4 is 43.4 Å². The van der Waals surface area contributed by atoms with Crippen LogP contribution in [-0.4, -0.2) is 37.8 Å². The SMILES string of the molecule is CC(=O)Nc1ccc(CCc2ccc(NC(C)=O)cc2S(=O)(=O)O)c(S(=O)(=O)O)c1. The van der Waals surface area contributed by atoms with Crippen LogP contribution in [0.5, 0.6) is 0 Å². The lowest BCUT2D eigenvalue weighted by Crippen LogP contribution is -2.11. The van der Waals surface area contributed by atoms with Crippen molar-refractivity contribution in [3.05, 3.63) is 47.5 Å². The maximum atomic E-state index is 11.7. The van der Waals surface area contributed by atoms with Gasteiger partial charge in [-0.2, -0.15) is 16.8 Å². The Labute approximate surface area is 173 Å². The molecule has 0 radical (unpaired) electrons. The number of hydrogen-bond donors (Lipinski definition) is 4. The second kappa shape index (κ2) is 8.92. The van der Waals surface area contributed by atoms with Crippen molar-refractivity contribution in [2.75, 3.05) is 10.6 Å². The maximum absolute atomic E-state index is 11.7. The molecule has 2 aromatic carbocycles. The summed E-state index contributed by atoms with van der Waals surface area (Å²) in [5.41, 5.74) is 0.687. The van der Waals surface area contributed by atoms with Crippen molar-refractivity contribution in [3.8, 4) is 0 Å². The average molecular weight is 456 g/mol. The summed E-state index contributed by atoms with van der Waals surface area (Å²) in [7, 11) is -9.24. The number of aryl methyl sites for hydroxylation is 2. The second-order valence-corrected chi connectivity index (χ2v) is 9.24. The highest BCUT2D eigenvalue weighted by Gasteiger charge is 2.20. The molecular formula is C18H20N2O8S2. The molecule has 2 amide bonds. The third-order valence-electron chi connectivity index (χ3n) is 3.99. The summed E-state index contributed by atoms with van der Waals surface area (Å²) in [6.45, 7) is 2.48. The van der Waals surface area contributed by atoms with E-state index < -0.39 is 41.8 Å². The lowest BCUT2D eigenvalue weighted by atomic mass is 10.0. The highest BCUT2D eigenvalue weighted by Crippen LogP contribution is 2.26. The highest BCUT2D eigenvalue weighted by atomic mass is 32.2. The molecule has 10 nitrogen and oxygen atoms in total. The van der Waals surface area contributed by atoms with E-state index in [1.165, 1.54) is 38.1 Å². The quantitative estimate of drug-likeness (QED) is 0.458. The van der Waals surface area contributed by atoms with E-state index in [1.54, 1.807) is 0 Å². The zero-order valence-electron chi connectivity index (χ0n) is 16.0. The summed E-state index contributed by atoms with van der Waals surface area (Å²) in [6.07, 6.45) is -0.00500. The van der Waals surface area contributed by atoms with Crippen molar-refractivity contribution in [2.24, 2.45) is 0 Å². The van der Waals surface area contributed by atoms with Gasteiger partial charge in [-0.15, -0.1) is 0 Å². The van der Waals surface area contributed by atoms with Crippen LogP contribution in [0.2, 0.25) is 0 Å². The molecule has 0 bridgehead atoms. The molecule has 0 saturated carbocycles. The lowest BCUT2D eigenvalue weighted by molar-refractivity contribution is -0.115. The number of carbonyl (C=O) groups is 2. The summed E-state index contributed by atoms with van der Waals surface area (Å²) < 4.78 is 66.0. The van der Waals surface area contributed by atoms with Crippen LogP contribution >= 0.6 is 0 Å². The number of anilines is 2.